The van der Waals surface area contributed by atoms with Crippen LogP contribution in [-0.2, 0) is 123 Å². The molecule has 1 saturated heterocycles. The first kappa shape index (κ1) is 71.8. The molecule has 28 nitrogen and oxygen atoms in total. The molecule has 0 aromatic carbocycles. The van der Waals surface area contributed by atoms with Crippen molar-refractivity contribution in [2.24, 2.45) is 0 Å². The monoisotopic (exact) mass is 1130 g/mol. The summed E-state index contributed by atoms with van der Waals surface area (Å²) in [6.45, 7) is 16.9. The molecule has 1 aliphatic heterocycles. The standard InChI is InChI=1S/C18H31O12P.C14H22O10.C6H8O4.C2H5Cl2O2P/c1-8-27-31(7,23)30-14(5)18(22)29-13(4)16(20)26-10-9-25-15(19)12(3)28-17(21)11(2)24-6;1-7(15)11(17)23-9(3)13(19)21-5-6-22-14(20)10(4)24-12(18)8(2)16;1-3-5(7)10-4(2)6(8)9-3;1-2-6-7(3,4)5/h11-14H,8-10H2,1-7H3;7-10,15-16H,5-6H2,1-4H3;3-4H,1-2H3;2H2,1H3/t11-,12-,13+,14+,31+;7-,8+,9-,10+;3-,4-;/m1.0./s1. The van der Waals surface area contributed by atoms with E-state index in [1.807, 2.05) is 0 Å². The summed E-state index contributed by atoms with van der Waals surface area (Å²) < 4.78 is 88.3. The van der Waals surface area contributed by atoms with Gasteiger partial charge in [-0.3, -0.25) is 13.7 Å². The molecule has 0 spiro atoms. The van der Waals surface area contributed by atoms with Crippen molar-refractivity contribution in [3.05, 3.63) is 0 Å². The van der Waals surface area contributed by atoms with Gasteiger partial charge in [0.05, 0.1) is 13.2 Å². The molecule has 11 atom stereocenters. The number of aliphatic hydroxyl groups excluding tert-OH is 2. The first-order chi connectivity index (χ1) is 33.1. The largest absolute Gasteiger partial charge is 0.459 e. The van der Waals surface area contributed by atoms with Gasteiger partial charge in [0.25, 0.3) is 0 Å². The number of rotatable bonds is 25. The third-order valence-corrected chi connectivity index (χ3v) is 10.2. The Labute approximate surface area is 425 Å². The number of methoxy groups -OCH3 is 1. The Bertz CT molecular complexity index is 1790. The minimum absolute atomic E-state index is 0.135. The summed E-state index contributed by atoms with van der Waals surface area (Å²) >= 11 is 9.86. The van der Waals surface area contributed by atoms with Crippen LogP contribution in [0.3, 0.4) is 0 Å². The normalized spacial score (nSPS) is 18.1. The van der Waals surface area contributed by atoms with Gasteiger partial charge in [0.1, 0.15) is 38.6 Å². The lowest BCUT2D eigenvalue weighted by molar-refractivity contribution is -0.191. The lowest BCUT2D eigenvalue weighted by Crippen LogP contribution is -2.40. The lowest BCUT2D eigenvalue weighted by atomic mass is 10.3. The quantitative estimate of drug-likeness (QED) is 0.0573. The summed E-state index contributed by atoms with van der Waals surface area (Å²) in [6.07, 6.45) is -14.4. The van der Waals surface area contributed by atoms with Crippen LogP contribution in [-0.4, -0.2) is 184 Å². The number of carbonyl (C=O) groups is 10. The van der Waals surface area contributed by atoms with Crippen molar-refractivity contribution in [3.63, 3.8) is 0 Å². The molecule has 32 heteroatoms. The number of cyclic esters (lactones) is 2. The molecule has 418 valence electrons. The summed E-state index contributed by atoms with van der Waals surface area (Å²) in [5, 5.41) is 17.9. The van der Waals surface area contributed by atoms with E-state index in [9.17, 15) is 57.1 Å². The van der Waals surface area contributed by atoms with E-state index in [1.54, 1.807) is 13.8 Å². The fourth-order valence-electron chi connectivity index (χ4n) is 3.79. The van der Waals surface area contributed by atoms with E-state index in [0.29, 0.717) is 0 Å². The molecule has 2 N–H and O–H groups in total. The van der Waals surface area contributed by atoms with Gasteiger partial charge in [0.15, 0.2) is 48.8 Å². The Morgan fingerprint density at radius 2 is 0.792 bits per heavy atom. The molecular formula is C40H66Cl2O28P2. The third-order valence-electron chi connectivity index (χ3n) is 7.59. The van der Waals surface area contributed by atoms with Crippen molar-refractivity contribution in [3.8, 4) is 0 Å². The third kappa shape index (κ3) is 34.8. The molecule has 0 aliphatic carbocycles. The van der Waals surface area contributed by atoms with E-state index < -0.39 is 134 Å². The summed E-state index contributed by atoms with van der Waals surface area (Å²) in [6, 6.07) is 0. The zero-order valence-electron chi connectivity index (χ0n) is 42.2. The van der Waals surface area contributed by atoms with Crippen LogP contribution in [0.4, 0.5) is 0 Å². The molecule has 1 rings (SSSR count). The van der Waals surface area contributed by atoms with Crippen LogP contribution in [0.1, 0.15) is 83.1 Å². The second-order valence-corrected chi connectivity index (χ2v) is 20.4. The second kappa shape index (κ2) is 37.3. The van der Waals surface area contributed by atoms with E-state index in [-0.39, 0.29) is 39.6 Å². The van der Waals surface area contributed by atoms with E-state index in [2.05, 4.69) is 23.5 Å². The molecule has 0 aromatic heterocycles. The van der Waals surface area contributed by atoms with Crippen LogP contribution in [0.15, 0.2) is 0 Å². The highest BCUT2D eigenvalue weighted by atomic mass is 35.9. The van der Waals surface area contributed by atoms with Crippen molar-refractivity contribution < 1.29 is 133 Å². The number of hydrogen-bond donors (Lipinski definition) is 2. The molecule has 1 heterocycles. The zero-order chi connectivity index (χ0) is 56.7. The minimum atomic E-state index is -3.43. The Balaban J connectivity index is -0.00000101. The van der Waals surface area contributed by atoms with Crippen LogP contribution < -0.4 is 0 Å². The van der Waals surface area contributed by atoms with E-state index in [0.717, 1.165) is 0 Å². The van der Waals surface area contributed by atoms with Crippen molar-refractivity contribution in [2.45, 2.75) is 144 Å². The number of aliphatic hydroxyl groups is 2. The van der Waals surface area contributed by atoms with Gasteiger partial charge in [-0.1, -0.05) is 0 Å². The topological polar surface area (TPSA) is 375 Å². The number of carbonyl (C=O) groups excluding carboxylic acids is 10. The Morgan fingerprint density at radius 3 is 1.03 bits per heavy atom. The smallest absolute Gasteiger partial charge is 0.380 e. The highest BCUT2D eigenvalue weighted by molar-refractivity contribution is 8.05. The highest BCUT2D eigenvalue weighted by Gasteiger charge is 2.33. The summed E-state index contributed by atoms with van der Waals surface area (Å²) in [4.78, 5) is 114. The zero-order valence-corrected chi connectivity index (χ0v) is 45.5. The van der Waals surface area contributed by atoms with Gasteiger partial charge in [0.2, 0.25) is 0 Å². The number of esters is 10. The molecule has 72 heavy (non-hydrogen) atoms. The Morgan fingerprint density at radius 1 is 0.514 bits per heavy atom. The van der Waals surface area contributed by atoms with Gasteiger partial charge in [-0.2, -0.15) is 0 Å². The van der Waals surface area contributed by atoms with Gasteiger partial charge in [-0.05, 0) is 106 Å². The van der Waals surface area contributed by atoms with Crippen molar-refractivity contribution in [1.82, 2.24) is 0 Å². The summed E-state index contributed by atoms with van der Waals surface area (Å²) in [5.41, 5.74) is 0. The van der Waals surface area contributed by atoms with Crippen LogP contribution in [0.25, 0.3) is 0 Å². The molecule has 1 aliphatic rings. The van der Waals surface area contributed by atoms with E-state index in [1.165, 1.54) is 83.0 Å². The number of halogens is 2. The molecule has 0 aromatic rings. The predicted octanol–water partition coefficient (Wildman–Crippen LogP) is 2.41. The molecular weight excluding hydrogens is 1060 g/mol. The van der Waals surface area contributed by atoms with Gasteiger partial charge in [0, 0.05) is 13.8 Å². The van der Waals surface area contributed by atoms with E-state index >= 15 is 0 Å². The van der Waals surface area contributed by atoms with Crippen LogP contribution in [0, 0.1) is 0 Å². The van der Waals surface area contributed by atoms with Crippen molar-refractivity contribution in [1.29, 1.82) is 0 Å². The first-order valence-electron chi connectivity index (χ1n) is 21.4. The summed E-state index contributed by atoms with van der Waals surface area (Å²) in [5.74, 6) is -8.06. The second-order valence-electron chi connectivity index (χ2n) is 14.1. The molecule has 0 saturated carbocycles. The van der Waals surface area contributed by atoms with Gasteiger partial charge >= 0.3 is 73.4 Å². The molecule has 0 bridgehead atoms. The maximum absolute atomic E-state index is 11.9. The van der Waals surface area contributed by atoms with Gasteiger partial charge in [-0.25, -0.2) is 47.9 Å². The Kier molecular flexibility index (Phi) is 37.1. The molecule has 0 unspecified atom stereocenters. The summed E-state index contributed by atoms with van der Waals surface area (Å²) in [7, 11) is -2.11. The van der Waals surface area contributed by atoms with Crippen LogP contribution >= 0.6 is 36.2 Å². The average molecular weight is 1130 g/mol. The molecule has 0 amide bonds. The average Bonchev–Trinajstić information content (AvgIpc) is 3.27. The number of ether oxygens (including phenoxy) is 11. The SMILES string of the molecule is CCOP(=O)(Cl)Cl.CCO[P@](C)(=O)O[C@@H](C)C(=O)O[C@@H](C)C(=O)OCCOC(=O)[C@@H](C)OC(=O)[C@@H](C)OC.C[C@@H]1OC(=O)[C@H](C)OC1=O.C[C@H](O)C(=O)O[C@@H](C)C(=O)OCCOC(=O)[C@@H](C)OC(=O)[C@@H](C)O. The van der Waals surface area contributed by atoms with Gasteiger partial charge in [-0.15, -0.1) is 0 Å². The van der Waals surface area contributed by atoms with Crippen molar-refractivity contribution in [2.75, 3.05) is 53.4 Å². The van der Waals surface area contributed by atoms with Crippen molar-refractivity contribution >= 4 is 95.8 Å². The molecule has 0 radical (unpaired) electrons. The van der Waals surface area contributed by atoms with Gasteiger partial charge < -0.3 is 71.4 Å². The molecule has 1 fully saturated rings. The van der Waals surface area contributed by atoms with E-state index in [4.69, 9.17) is 74.9 Å². The lowest BCUT2D eigenvalue weighted by Gasteiger charge is -2.22. The minimum Gasteiger partial charge on any atom is -0.459 e. The van der Waals surface area contributed by atoms with Crippen LogP contribution in [0.2, 0.25) is 0 Å². The highest BCUT2D eigenvalue weighted by Crippen LogP contribution is 2.57. The number of hydrogen-bond acceptors (Lipinski definition) is 28. The maximum Gasteiger partial charge on any atom is 0.380 e. The maximum atomic E-state index is 11.9. The van der Waals surface area contributed by atoms with Crippen LogP contribution in [0.5, 0.6) is 0 Å². The fourth-order valence-corrected chi connectivity index (χ4v) is 5.87. The predicted molar refractivity (Wildman–Crippen MR) is 244 cm³/mol. The first-order valence-corrected chi connectivity index (χ1v) is 26.8. The Hall–Kier alpha value is -4.50. The fraction of sp³-hybridized carbons (Fsp3) is 0.750.